The van der Waals surface area contributed by atoms with Gasteiger partial charge in [-0.2, -0.15) is 0 Å². The number of amides is 1. The van der Waals surface area contributed by atoms with Gasteiger partial charge in [-0.25, -0.2) is 0 Å². The molecular formula is C15H20Cl2N2O2. The molecule has 0 aromatic heterocycles. The molecule has 2 aliphatic rings. The van der Waals surface area contributed by atoms with Crippen molar-refractivity contribution in [3.8, 4) is 0 Å². The molecule has 0 radical (unpaired) electrons. The van der Waals surface area contributed by atoms with Crippen LogP contribution in [0.25, 0.3) is 0 Å². The van der Waals surface area contributed by atoms with E-state index in [1.165, 1.54) is 11.1 Å². The highest BCUT2D eigenvalue weighted by atomic mass is 35.5. The second kappa shape index (κ2) is 6.97. The molecule has 0 bridgehead atoms. The fourth-order valence-corrected chi connectivity index (χ4v) is 3.27. The minimum atomic E-state index is -0.347. The number of nitrogens with one attached hydrogen (secondary N) is 1. The van der Waals surface area contributed by atoms with Crippen molar-refractivity contribution in [3.05, 3.63) is 34.3 Å². The maximum atomic E-state index is 12.2. The number of benzene rings is 1. The van der Waals surface area contributed by atoms with Gasteiger partial charge >= 0.3 is 0 Å². The zero-order chi connectivity index (χ0) is 14.1. The van der Waals surface area contributed by atoms with Crippen LogP contribution in [0.1, 0.15) is 36.4 Å². The van der Waals surface area contributed by atoms with Crippen molar-refractivity contribution < 1.29 is 9.53 Å². The van der Waals surface area contributed by atoms with Crippen LogP contribution in [0.15, 0.2) is 18.2 Å². The Morgan fingerprint density at radius 1 is 1.38 bits per heavy atom. The van der Waals surface area contributed by atoms with E-state index in [4.69, 9.17) is 22.1 Å². The molecule has 21 heavy (non-hydrogen) atoms. The van der Waals surface area contributed by atoms with Gasteiger partial charge in [0.25, 0.3) is 0 Å². The Balaban J connectivity index is 0.00000161. The number of carbonyl (C=O) groups excluding carboxylic acids is 1. The Morgan fingerprint density at radius 3 is 2.90 bits per heavy atom. The van der Waals surface area contributed by atoms with E-state index in [0.717, 1.165) is 30.7 Å². The lowest BCUT2D eigenvalue weighted by Crippen LogP contribution is -2.37. The lowest BCUT2D eigenvalue weighted by molar-refractivity contribution is -0.132. The molecule has 1 saturated heterocycles. The van der Waals surface area contributed by atoms with Crippen molar-refractivity contribution >= 4 is 29.9 Å². The van der Waals surface area contributed by atoms with Crippen molar-refractivity contribution in [3.63, 3.8) is 0 Å². The van der Waals surface area contributed by atoms with Gasteiger partial charge in [0.05, 0.1) is 12.1 Å². The zero-order valence-corrected chi connectivity index (χ0v) is 13.3. The monoisotopic (exact) mass is 330 g/mol. The number of nitrogens with two attached hydrogens (primary N) is 1. The first-order valence-electron chi connectivity index (χ1n) is 7.11. The van der Waals surface area contributed by atoms with Gasteiger partial charge in [0, 0.05) is 11.6 Å². The van der Waals surface area contributed by atoms with Gasteiger partial charge < -0.3 is 15.8 Å². The third-order valence-corrected chi connectivity index (χ3v) is 4.40. The average molecular weight is 331 g/mol. The van der Waals surface area contributed by atoms with Gasteiger partial charge in [0.2, 0.25) is 5.91 Å². The normalized spacial score (nSPS) is 27.0. The van der Waals surface area contributed by atoms with Gasteiger partial charge in [0.1, 0.15) is 6.10 Å². The maximum absolute atomic E-state index is 12.2. The smallest absolute Gasteiger partial charge is 0.249 e. The fraction of sp³-hybridized carbons (Fsp3) is 0.533. The van der Waals surface area contributed by atoms with Crippen LogP contribution in [0.2, 0.25) is 5.02 Å². The van der Waals surface area contributed by atoms with Crippen LogP contribution in [-0.2, 0) is 16.0 Å². The van der Waals surface area contributed by atoms with Gasteiger partial charge in [-0.3, -0.25) is 4.79 Å². The SMILES string of the molecule is Cl.NC[C@H]1CC[C@@H](C(=O)NC2CCc3cc(Cl)ccc32)O1. The minimum Gasteiger partial charge on any atom is -0.364 e. The molecule has 1 fully saturated rings. The third-order valence-electron chi connectivity index (χ3n) is 4.16. The topological polar surface area (TPSA) is 64.4 Å². The fourth-order valence-electron chi connectivity index (χ4n) is 3.07. The van der Waals surface area contributed by atoms with Crippen LogP contribution in [0.5, 0.6) is 0 Å². The van der Waals surface area contributed by atoms with E-state index < -0.39 is 0 Å². The van der Waals surface area contributed by atoms with Crippen molar-refractivity contribution in [2.45, 2.75) is 43.9 Å². The molecule has 1 aromatic carbocycles. The number of halogens is 2. The highest BCUT2D eigenvalue weighted by molar-refractivity contribution is 6.30. The molecule has 1 aromatic rings. The summed E-state index contributed by atoms with van der Waals surface area (Å²) in [5.41, 5.74) is 7.98. The largest absolute Gasteiger partial charge is 0.364 e. The molecule has 4 nitrogen and oxygen atoms in total. The van der Waals surface area contributed by atoms with E-state index in [9.17, 15) is 4.79 Å². The van der Waals surface area contributed by atoms with E-state index in [-0.39, 0.29) is 36.6 Å². The van der Waals surface area contributed by atoms with E-state index in [0.29, 0.717) is 6.54 Å². The van der Waals surface area contributed by atoms with E-state index in [1.807, 2.05) is 18.2 Å². The molecule has 3 N–H and O–H groups in total. The van der Waals surface area contributed by atoms with Gasteiger partial charge in [-0.1, -0.05) is 17.7 Å². The molecule has 1 amide bonds. The second-order valence-corrected chi connectivity index (χ2v) is 5.94. The molecule has 0 spiro atoms. The number of ether oxygens (including phenoxy) is 1. The van der Waals surface area contributed by atoms with Crippen LogP contribution in [0.4, 0.5) is 0 Å². The predicted molar refractivity (Wildman–Crippen MR) is 84.9 cm³/mol. The Hall–Kier alpha value is -0.810. The standard InChI is InChI=1S/C15H19ClN2O2.ClH/c16-10-2-4-12-9(7-10)1-5-13(12)18-15(19)14-6-3-11(8-17)20-14;/h2,4,7,11,13-14H,1,3,5-6,8,17H2,(H,18,19);1H/t11-,13?,14+;/m1./s1. The number of rotatable bonds is 3. The van der Waals surface area contributed by atoms with Crippen molar-refractivity contribution in [1.82, 2.24) is 5.32 Å². The lowest BCUT2D eigenvalue weighted by Gasteiger charge is -2.18. The summed E-state index contributed by atoms with van der Waals surface area (Å²) < 4.78 is 5.63. The van der Waals surface area contributed by atoms with Crippen LogP contribution in [0.3, 0.4) is 0 Å². The van der Waals surface area contributed by atoms with Gasteiger partial charge in [0.15, 0.2) is 0 Å². The molecule has 116 valence electrons. The summed E-state index contributed by atoms with van der Waals surface area (Å²) in [6.07, 6.45) is 3.19. The molecule has 0 saturated carbocycles. The van der Waals surface area contributed by atoms with Crippen LogP contribution in [-0.4, -0.2) is 24.7 Å². The molecule has 1 unspecified atom stereocenters. The summed E-state index contributed by atoms with van der Waals surface area (Å²) in [7, 11) is 0. The molecule has 1 aliphatic carbocycles. The second-order valence-electron chi connectivity index (χ2n) is 5.50. The zero-order valence-electron chi connectivity index (χ0n) is 11.7. The van der Waals surface area contributed by atoms with Crippen molar-refractivity contribution in [1.29, 1.82) is 0 Å². The Labute approximate surface area is 135 Å². The lowest BCUT2D eigenvalue weighted by atomic mass is 10.1. The Bertz CT molecular complexity index is 524. The maximum Gasteiger partial charge on any atom is 0.249 e. The Morgan fingerprint density at radius 2 is 2.19 bits per heavy atom. The number of hydrogen-bond donors (Lipinski definition) is 2. The van der Waals surface area contributed by atoms with Gasteiger partial charge in [-0.15, -0.1) is 12.4 Å². The van der Waals surface area contributed by atoms with Crippen LogP contribution < -0.4 is 11.1 Å². The van der Waals surface area contributed by atoms with E-state index in [1.54, 1.807) is 0 Å². The predicted octanol–water partition coefficient (Wildman–Crippen LogP) is 2.37. The minimum absolute atomic E-state index is 0. The number of hydrogen-bond acceptors (Lipinski definition) is 3. The number of carbonyl (C=O) groups is 1. The molecular weight excluding hydrogens is 311 g/mol. The summed E-state index contributed by atoms with van der Waals surface area (Å²) in [5.74, 6) is -0.0197. The highest BCUT2D eigenvalue weighted by Crippen LogP contribution is 2.33. The van der Waals surface area contributed by atoms with Gasteiger partial charge in [-0.05, 0) is 48.9 Å². The first-order chi connectivity index (χ1) is 9.67. The number of aryl methyl sites for hydroxylation is 1. The summed E-state index contributed by atoms with van der Waals surface area (Å²) in [5, 5.41) is 3.84. The summed E-state index contributed by atoms with van der Waals surface area (Å²) >= 11 is 5.99. The molecule has 1 heterocycles. The quantitative estimate of drug-likeness (QED) is 0.894. The summed E-state index contributed by atoms with van der Waals surface area (Å²) in [6, 6.07) is 5.95. The highest BCUT2D eigenvalue weighted by Gasteiger charge is 2.32. The van der Waals surface area contributed by atoms with Crippen LogP contribution in [0, 0.1) is 0 Å². The van der Waals surface area contributed by atoms with Crippen molar-refractivity contribution in [2.75, 3.05) is 6.54 Å². The first-order valence-corrected chi connectivity index (χ1v) is 7.49. The third kappa shape index (κ3) is 3.51. The molecule has 3 atom stereocenters. The van der Waals surface area contributed by atoms with E-state index in [2.05, 4.69) is 5.32 Å². The summed E-state index contributed by atoms with van der Waals surface area (Å²) in [4.78, 5) is 12.2. The molecule has 1 aliphatic heterocycles. The average Bonchev–Trinajstić information content (AvgIpc) is 3.05. The summed E-state index contributed by atoms with van der Waals surface area (Å²) in [6.45, 7) is 0.481. The number of fused-ring (bicyclic) bond motifs is 1. The molecule has 3 rings (SSSR count). The van der Waals surface area contributed by atoms with E-state index >= 15 is 0 Å². The Kier molecular flexibility index (Phi) is 5.49. The molecule has 6 heteroatoms. The van der Waals surface area contributed by atoms with Crippen molar-refractivity contribution in [2.24, 2.45) is 5.73 Å². The first kappa shape index (κ1) is 16.6. The van der Waals surface area contributed by atoms with Crippen LogP contribution >= 0.6 is 24.0 Å².